The van der Waals surface area contributed by atoms with Crippen LogP contribution in [0.2, 0.25) is 5.02 Å². The average molecular weight is 408 g/mol. The Kier molecular flexibility index (Phi) is 6.00. The molecule has 0 bridgehead atoms. The minimum Gasteiger partial charge on any atom is -0.341 e. The topological polar surface area (TPSA) is 71.0 Å². The lowest BCUT2D eigenvalue weighted by molar-refractivity contribution is 0.0942. The van der Waals surface area contributed by atoms with Crippen molar-refractivity contribution < 1.29 is 4.79 Å². The number of aromatic nitrogens is 3. The molecule has 1 aliphatic heterocycles. The predicted molar refractivity (Wildman–Crippen MR) is 113 cm³/mol. The smallest absolute Gasteiger partial charge is 0.255 e. The van der Waals surface area contributed by atoms with Gasteiger partial charge < -0.3 is 10.2 Å². The highest BCUT2D eigenvalue weighted by atomic mass is 35.5. The van der Waals surface area contributed by atoms with Crippen LogP contribution in [0.3, 0.4) is 0 Å². The van der Waals surface area contributed by atoms with Crippen LogP contribution in [0.4, 0.5) is 5.95 Å². The van der Waals surface area contributed by atoms with Gasteiger partial charge in [0.2, 0.25) is 5.95 Å². The monoisotopic (exact) mass is 407 g/mol. The van der Waals surface area contributed by atoms with Gasteiger partial charge in [0.25, 0.3) is 5.91 Å². The third-order valence-corrected chi connectivity index (χ3v) is 5.29. The molecule has 7 heteroatoms. The highest BCUT2D eigenvalue weighted by molar-refractivity contribution is 6.30. The van der Waals surface area contributed by atoms with Crippen LogP contribution in [0, 0.1) is 0 Å². The molecule has 1 amide bonds. The summed E-state index contributed by atoms with van der Waals surface area (Å²) in [6, 6.07) is 10.8. The number of rotatable bonds is 5. The van der Waals surface area contributed by atoms with Crippen LogP contribution in [0.25, 0.3) is 0 Å². The molecular weight excluding hydrogens is 386 g/mol. The first-order chi connectivity index (χ1) is 14.2. The van der Waals surface area contributed by atoms with E-state index in [0.29, 0.717) is 16.5 Å². The number of carbonyl (C=O) groups is 1. The second kappa shape index (κ2) is 9.01. The van der Waals surface area contributed by atoms with Gasteiger partial charge in [-0.05, 0) is 48.6 Å². The third-order valence-electron chi connectivity index (χ3n) is 5.04. The number of halogens is 1. The number of pyridine rings is 1. The standard InChI is InChI=1S/C22H22ClN5O/c23-19-8-6-16(7-9-19)20(17-5-4-10-24-13-17)27-21(29)18-14-25-22(26-15-18)28-11-2-1-3-12-28/h4-10,13-15,20H,1-3,11-12H2,(H,27,29)/t20-/m1/s1. The molecule has 0 aliphatic carbocycles. The van der Waals surface area contributed by atoms with Gasteiger partial charge in [-0.25, -0.2) is 9.97 Å². The van der Waals surface area contributed by atoms with Crippen molar-refractivity contribution in [2.45, 2.75) is 25.3 Å². The van der Waals surface area contributed by atoms with Crippen LogP contribution >= 0.6 is 11.6 Å². The molecular formula is C22H22ClN5O. The molecule has 2 aromatic heterocycles. The van der Waals surface area contributed by atoms with Crippen LogP contribution in [-0.4, -0.2) is 33.9 Å². The summed E-state index contributed by atoms with van der Waals surface area (Å²) in [4.78, 5) is 28.1. The predicted octanol–water partition coefficient (Wildman–Crippen LogP) is 4.03. The number of piperidine rings is 1. The number of nitrogens with zero attached hydrogens (tertiary/aromatic N) is 4. The second-order valence-corrected chi connectivity index (χ2v) is 7.50. The maximum atomic E-state index is 12.9. The van der Waals surface area contributed by atoms with E-state index in [2.05, 4.69) is 25.2 Å². The molecule has 3 aromatic rings. The van der Waals surface area contributed by atoms with Gasteiger partial charge in [-0.3, -0.25) is 9.78 Å². The second-order valence-electron chi connectivity index (χ2n) is 7.06. The van der Waals surface area contributed by atoms with Crippen molar-refractivity contribution in [3.8, 4) is 0 Å². The number of amides is 1. The van der Waals surface area contributed by atoms with Gasteiger partial charge >= 0.3 is 0 Å². The summed E-state index contributed by atoms with van der Waals surface area (Å²) >= 11 is 6.02. The van der Waals surface area contributed by atoms with Gasteiger partial charge in [0.15, 0.2) is 0 Å². The highest BCUT2D eigenvalue weighted by Gasteiger charge is 2.19. The average Bonchev–Trinajstić information content (AvgIpc) is 2.79. The largest absolute Gasteiger partial charge is 0.341 e. The lowest BCUT2D eigenvalue weighted by atomic mass is 10.00. The molecule has 29 heavy (non-hydrogen) atoms. The normalized spacial score (nSPS) is 15.0. The van der Waals surface area contributed by atoms with E-state index < -0.39 is 0 Å². The molecule has 1 aliphatic rings. The SMILES string of the molecule is O=C(N[C@H](c1ccc(Cl)cc1)c1cccnc1)c1cnc(N2CCCCC2)nc1. The van der Waals surface area contributed by atoms with Gasteiger partial charge in [0, 0.05) is 42.9 Å². The zero-order valence-corrected chi connectivity index (χ0v) is 16.7. The molecule has 3 heterocycles. The summed E-state index contributed by atoms with van der Waals surface area (Å²) < 4.78 is 0. The number of hydrogen-bond acceptors (Lipinski definition) is 5. The minimum atomic E-state index is -0.352. The summed E-state index contributed by atoms with van der Waals surface area (Å²) in [5.74, 6) is 0.446. The highest BCUT2D eigenvalue weighted by Crippen LogP contribution is 2.24. The summed E-state index contributed by atoms with van der Waals surface area (Å²) in [5, 5.41) is 3.71. The van der Waals surface area contributed by atoms with E-state index in [1.807, 2.05) is 36.4 Å². The Morgan fingerprint density at radius 1 is 0.966 bits per heavy atom. The zero-order chi connectivity index (χ0) is 20.1. The molecule has 0 spiro atoms. The molecule has 6 nitrogen and oxygen atoms in total. The molecule has 1 saturated heterocycles. The van der Waals surface area contributed by atoms with Gasteiger partial charge in [-0.2, -0.15) is 0 Å². The fourth-order valence-electron chi connectivity index (χ4n) is 3.47. The number of nitrogens with one attached hydrogen (secondary N) is 1. The quantitative estimate of drug-likeness (QED) is 0.691. The molecule has 0 saturated carbocycles. The van der Waals surface area contributed by atoms with E-state index in [1.165, 1.54) is 6.42 Å². The van der Waals surface area contributed by atoms with E-state index in [0.717, 1.165) is 37.1 Å². The van der Waals surface area contributed by atoms with Crippen LogP contribution in [0.5, 0.6) is 0 Å². The number of hydrogen-bond donors (Lipinski definition) is 1. The lowest BCUT2D eigenvalue weighted by Gasteiger charge is -2.26. The number of anilines is 1. The van der Waals surface area contributed by atoms with Gasteiger partial charge in [0.05, 0.1) is 11.6 Å². The van der Waals surface area contributed by atoms with E-state index >= 15 is 0 Å². The Balaban J connectivity index is 1.54. The maximum absolute atomic E-state index is 12.9. The first-order valence-corrected chi connectivity index (χ1v) is 10.1. The van der Waals surface area contributed by atoms with Crippen molar-refractivity contribution in [3.05, 3.63) is 82.9 Å². The Labute approximate surface area is 175 Å². The van der Waals surface area contributed by atoms with Crippen molar-refractivity contribution in [2.75, 3.05) is 18.0 Å². The Morgan fingerprint density at radius 3 is 2.34 bits per heavy atom. The first kappa shape index (κ1) is 19.3. The number of carbonyl (C=O) groups excluding carboxylic acids is 1. The van der Waals surface area contributed by atoms with Gasteiger partial charge in [0.1, 0.15) is 0 Å². The summed E-state index contributed by atoms with van der Waals surface area (Å²) in [5.41, 5.74) is 2.23. The maximum Gasteiger partial charge on any atom is 0.255 e. The molecule has 4 rings (SSSR count). The Morgan fingerprint density at radius 2 is 1.69 bits per heavy atom. The molecule has 0 unspecified atom stereocenters. The lowest BCUT2D eigenvalue weighted by Crippen LogP contribution is -2.32. The van der Waals surface area contributed by atoms with E-state index in [4.69, 9.17) is 11.6 Å². The first-order valence-electron chi connectivity index (χ1n) is 9.74. The van der Waals surface area contributed by atoms with Crippen molar-refractivity contribution >= 4 is 23.5 Å². The summed E-state index contributed by atoms with van der Waals surface area (Å²) in [6.45, 7) is 1.93. The van der Waals surface area contributed by atoms with E-state index in [-0.39, 0.29) is 11.9 Å². The van der Waals surface area contributed by atoms with Gasteiger partial charge in [-0.1, -0.05) is 29.8 Å². The summed E-state index contributed by atoms with van der Waals surface area (Å²) in [7, 11) is 0. The van der Waals surface area contributed by atoms with Crippen molar-refractivity contribution in [1.82, 2.24) is 20.3 Å². The summed E-state index contributed by atoms with van der Waals surface area (Å²) in [6.07, 6.45) is 10.2. The number of benzene rings is 1. The molecule has 1 fully saturated rings. The minimum absolute atomic E-state index is 0.237. The zero-order valence-electron chi connectivity index (χ0n) is 16.0. The van der Waals surface area contributed by atoms with Crippen LogP contribution in [0.15, 0.2) is 61.2 Å². The fourth-order valence-corrected chi connectivity index (χ4v) is 3.60. The van der Waals surface area contributed by atoms with Crippen molar-refractivity contribution in [2.24, 2.45) is 0 Å². The van der Waals surface area contributed by atoms with E-state index in [1.54, 1.807) is 24.8 Å². The molecule has 148 valence electrons. The van der Waals surface area contributed by atoms with E-state index in [9.17, 15) is 4.79 Å². The van der Waals surface area contributed by atoms with Crippen LogP contribution < -0.4 is 10.2 Å². The molecule has 1 aromatic carbocycles. The fraction of sp³-hybridized carbons (Fsp3) is 0.273. The van der Waals surface area contributed by atoms with Gasteiger partial charge in [-0.15, -0.1) is 0 Å². The molecule has 0 radical (unpaired) electrons. The van der Waals surface area contributed by atoms with Crippen LogP contribution in [-0.2, 0) is 0 Å². The van der Waals surface area contributed by atoms with Crippen LogP contribution in [0.1, 0.15) is 46.8 Å². The van der Waals surface area contributed by atoms with Crippen molar-refractivity contribution in [3.63, 3.8) is 0 Å². The third kappa shape index (κ3) is 4.71. The molecule has 1 atom stereocenters. The Bertz CT molecular complexity index is 941. The van der Waals surface area contributed by atoms with Crippen molar-refractivity contribution in [1.29, 1.82) is 0 Å². The molecule has 1 N–H and O–H groups in total. The Hall–Kier alpha value is -2.99.